The van der Waals surface area contributed by atoms with Crippen molar-refractivity contribution in [3.63, 3.8) is 0 Å². The first-order valence-electron chi connectivity index (χ1n) is 4.38. The Morgan fingerprint density at radius 3 is 2.67 bits per heavy atom. The molecule has 0 spiro atoms. The van der Waals surface area contributed by atoms with Crippen molar-refractivity contribution in [1.82, 2.24) is 5.32 Å². The van der Waals surface area contributed by atoms with E-state index in [2.05, 4.69) is 23.9 Å². The van der Waals surface area contributed by atoms with E-state index in [4.69, 9.17) is 0 Å². The molecular weight excluding hydrogens is 154 g/mol. The molecule has 1 aliphatic heterocycles. The van der Waals surface area contributed by atoms with Gasteiger partial charge in [0.15, 0.2) is 0 Å². The third-order valence-corrected chi connectivity index (χ3v) is 2.48. The Morgan fingerprint density at radius 2 is 2.25 bits per heavy atom. The number of carbonyl (C=O) groups is 1. The number of hydrogen-bond acceptors (Lipinski definition) is 3. The topological polar surface area (TPSA) is 38.3 Å². The van der Waals surface area contributed by atoms with E-state index in [9.17, 15) is 4.79 Å². The van der Waals surface area contributed by atoms with Crippen molar-refractivity contribution in [1.29, 1.82) is 0 Å². The molecule has 0 radical (unpaired) electrons. The van der Waals surface area contributed by atoms with Crippen LogP contribution >= 0.6 is 0 Å². The highest BCUT2D eigenvalue weighted by atomic mass is 16.5. The number of rotatable bonds is 1. The highest BCUT2D eigenvalue weighted by Crippen LogP contribution is 2.22. The van der Waals surface area contributed by atoms with Crippen LogP contribution in [-0.4, -0.2) is 25.2 Å². The van der Waals surface area contributed by atoms with Crippen LogP contribution in [0.25, 0.3) is 0 Å². The number of methoxy groups -OCH3 is 1. The van der Waals surface area contributed by atoms with E-state index in [1.54, 1.807) is 0 Å². The van der Waals surface area contributed by atoms with Crippen LogP contribution in [0.4, 0.5) is 0 Å². The molecule has 1 aliphatic rings. The maximum absolute atomic E-state index is 11.1. The Kier molecular flexibility index (Phi) is 2.73. The van der Waals surface area contributed by atoms with Gasteiger partial charge in [-0.05, 0) is 26.7 Å². The van der Waals surface area contributed by atoms with Crippen molar-refractivity contribution < 1.29 is 9.53 Å². The normalized spacial score (nSPS) is 28.1. The average molecular weight is 171 g/mol. The summed E-state index contributed by atoms with van der Waals surface area (Å²) in [6, 6.07) is 0. The van der Waals surface area contributed by atoms with E-state index < -0.39 is 0 Å². The zero-order valence-electron chi connectivity index (χ0n) is 8.02. The Hall–Kier alpha value is -0.570. The van der Waals surface area contributed by atoms with E-state index in [1.807, 2.05) is 0 Å². The van der Waals surface area contributed by atoms with Gasteiger partial charge in [0.05, 0.1) is 13.0 Å². The highest BCUT2D eigenvalue weighted by Gasteiger charge is 2.30. The predicted octanol–water partition coefficient (Wildman–Crippen LogP) is 0.938. The molecule has 1 saturated heterocycles. The first kappa shape index (κ1) is 9.52. The lowest BCUT2D eigenvalue weighted by Crippen LogP contribution is -2.48. The maximum atomic E-state index is 11.1. The fourth-order valence-corrected chi connectivity index (χ4v) is 1.49. The number of carbonyl (C=O) groups excluding carboxylic acids is 1. The van der Waals surface area contributed by atoms with Crippen molar-refractivity contribution in [3.05, 3.63) is 0 Å². The van der Waals surface area contributed by atoms with Gasteiger partial charge in [0.25, 0.3) is 0 Å². The van der Waals surface area contributed by atoms with Crippen molar-refractivity contribution in [3.8, 4) is 0 Å². The Bertz CT molecular complexity index is 167. The standard InChI is InChI=1S/C9H17NO2/c1-9(2)5-4-7(6-10-9)8(11)12-3/h7,10H,4-6H2,1-3H3/t7-/m1/s1. The number of ether oxygens (including phenoxy) is 1. The number of hydrogen-bond donors (Lipinski definition) is 1. The van der Waals surface area contributed by atoms with Crippen molar-refractivity contribution >= 4 is 5.97 Å². The summed E-state index contributed by atoms with van der Waals surface area (Å²) < 4.78 is 4.68. The lowest BCUT2D eigenvalue weighted by molar-refractivity contribution is -0.146. The fraction of sp³-hybridized carbons (Fsp3) is 0.889. The lowest BCUT2D eigenvalue weighted by Gasteiger charge is -2.34. The van der Waals surface area contributed by atoms with E-state index in [-0.39, 0.29) is 17.4 Å². The fourth-order valence-electron chi connectivity index (χ4n) is 1.49. The largest absolute Gasteiger partial charge is 0.469 e. The lowest BCUT2D eigenvalue weighted by atomic mass is 9.87. The SMILES string of the molecule is COC(=O)[C@@H]1CCC(C)(C)NC1. The molecule has 0 aliphatic carbocycles. The Morgan fingerprint density at radius 1 is 1.58 bits per heavy atom. The molecule has 3 heteroatoms. The number of nitrogens with one attached hydrogen (secondary N) is 1. The molecule has 1 heterocycles. The summed E-state index contributed by atoms with van der Waals surface area (Å²) in [7, 11) is 1.45. The molecule has 0 unspecified atom stereocenters. The molecule has 70 valence electrons. The molecule has 12 heavy (non-hydrogen) atoms. The summed E-state index contributed by atoms with van der Waals surface area (Å²) in [4.78, 5) is 11.1. The van der Waals surface area contributed by atoms with Crippen LogP contribution in [0.1, 0.15) is 26.7 Å². The van der Waals surface area contributed by atoms with Gasteiger partial charge in [-0.15, -0.1) is 0 Å². The minimum absolute atomic E-state index is 0.0584. The molecule has 1 fully saturated rings. The quantitative estimate of drug-likeness (QED) is 0.597. The molecule has 0 saturated carbocycles. The van der Waals surface area contributed by atoms with E-state index >= 15 is 0 Å². The van der Waals surface area contributed by atoms with Crippen LogP contribution in [0.15, 0.2) is 0 Å². The van der Waals surface area contributed by atoms with Gasteiger partial charge in [0.1, 0.15) is 0 Å². The van der Waals surface area contributed by atoms with E-state index in [0.717, 1.165) is 19.4 Å². The summed E-state index contributed by atoms with van der Waals surface area (Å²) in [6.07, 6.45) is 1.97. The van der Waals surface area contributed by atoms with Crippen LogP contribution in [0.5, 0.6) is 0 Å². The molecular formula is C9H17NO2. The summed E-state index contributed by atoms with van der Waals surface area (Å²) >= 11 is 0. The third-order valence-electron chi connectivity index (χ3n) is 2.48. The summed E-state index contributed by atoms with van der Waals surface area (Å²) in [5.74, 6) is -0.0268. The van der Waals surface area contributed by atoms with Crippen LogP contribution in [0.3, 0.4) is 0 Å². The molecule has 3 nitrogen and oxygen atoms in total. The third kappa shape index (κ3) is 2.21. The van der Waals surface area contributed by atoms with Gasteiger partial charge >= 0.3 is 5.97 Å². The van der Waals surface area contributed by atoms with Gasteiger partial charge in [0, 0.05) is 12.1 Å². The van der Waals surface area contributed by atoms with Crippen LogP contribution in [-0.2, 0) is 9.53 Å². The van der Waals surface area contributed by atoms with Gasteiger partial charge in [0.2, 0.25) is 0 Å². The van der Waals surface area contributed by atoms with Crippen LogP contribution in [0.2, 0.25) is 0 Å². The van der Waals surface area contributed by atoms with Gasteiger partial charge in [-0.3, -0.25) is 4.79 Å². The van der Waals surface area contributed by atoms with Crippen molar-refractivity contribution in [2.45, 2.75) is 32.2 Å². The van der Waals surface area contributed by atoms with E-state index in [0.29, 0.717) is 0 Å². The molecule has 0 aromatic carbocycles. The Labute approximate surface area is 73.5 Å². The molecule has 0 aromatic rings. The smallest absolute Gasteiger partial charge is 0.309 e. The van der Waals surface area contributed by atoms with Crippen LogP contribution in [0, 0.1) is 5.92 Å². The molecule has 0 aromatic heterocycles. The first-order valence-corrected chi connectivity index (χ1v) is 4.38. The number of esters is 1. The van der Waals surface area contributed by atoms with Gasteiger partial charge in [-0.2, -0.15) is 0 Å². The minimum Gasteiger partial charge on any atom is -0.469 e. The van der Waals surface area contributed by atoms with Gasteiger partial charge < -0.3 is 10.1 Å². The van der Waals surface area contributed by atoms with Crippen LogP contribution < -0.4 is 5.32 Å². The van der Waals surface area contributed by atoms with Crippen molar-refractivity contribution in [2.75, 3.05) is 13.7 Å². The van der Waals surface area contributed by atoms with Crippen molar-refractivity contribution in [2.24, 2.45) is 5.92 Å². The van der Waals surface area contributed by atoms with Gasteiger partial charge in [-0.1, -0.05) is 0 Å². The molecule has 1 N–H and O–H groups in total. The highest BCUT2D eigenvalue weighted by molar-refractivity contribution is 5.72. The second kappa shape index (κ2) is 3.44. The molecule has 1 rings (SSSR count). The molecule has 1 atom stereocenters. The zero-order chi connectivity index (χ0) is 9.19. The molecule has 0 amide bonds. The summed E-state index contributed by atoms with van der Waals surface area (Å²) in [5.41, 5.74) is 0.185. The second-order valence-corrected chi connectivity index (χ2v) is 4.02. The zero-order valence-corrected chi connectivity index (χ0v) is 8.02. The van der Waals surface area contributed by atoms with E-state index in [1.165, 1.54) is 7.11 Å². The maximum Gasteiger partial charge on any atom is 0.309 e. The minimum atomic E-state index is -0.0852. The summed E-state index contributed by atoms with van der Waals surface area (Å²) in [5, 5.41) is 3.32. The number of piperidine rings is 1. The Balaban J connectivity index is 2.41. The average Bonchev–Trinajstić information content (AvgIpc) is 2.03. The van der Waals surface area contributed by atoms with Gasteiger partial charge in [-0.25, -0.2) is 0 Å². The predicted molar refractivity (Wildman–Crippen MR) is 46.8 cm³/mol. The monoisotopic (exact) mass is 171 g/mol. The first-order chi connectivity index (χ1) is 5.55. The molecule has 0 bridgehead atoms. The second-order valence-electron chi connectivity index (χ2n) is 4.02. The summed E-state index contributed by atoms with van der Waals surface area (Å²) in [6.45, 7) is 5.06.